The smallest absolute Gasteiger partial charge is 0.150 e. The van der Waals surface area contributed by atoms with Crippen molar-refractivity contribution in [3.63, 3.8) is 0 Å². The van der Waals surface area contributed by atoms with Crippen molar-refractivity contribution in [2.75, 3.05) is 18.1 Å². The first kappa shape index (κ1) is 9.99. The second kappa shape index (κ2) is 3.34. The monoisotopic (exact) mass is 191 g/mol. The maximum Gasteiger partial charge on any atom is 0.150 e. The fourth-order valence-electron chi connectivity index (χ4n) is 1.67. The Hall–Kier alpha value is -0.0900. The normalized spacial score (nSPS) is 26.8. The highest BCUT2D eigenvalue weighted by atomic mass is 32.2. The molecule has 4 heteroatoms. The molecule has 0 amide bonds. The quantitative estimate of drug-likeness (QED) is 0.693. The van der Waals surface area contributed by atoms with E-state index >= 15 is 0 Å². The molecule has 1 aliphatic rings. The maximum atomic E-state index is 11.1. The fraction of sp³-hybridized carbons (Fsp3) is 1.00. The van der Waals surface area contributed by atoms with Gasteiger partial charge in [-0.2, -0.15) is 0 Å². The van der Waals surface area contributed by atoms with Crippen LogP contribution in [-0.2, 0) is 9.84 Å². The van der Waals surface area contributed by atoms with Crippen molar-refractivity contribution in [3.8, 4) is 0 Å². The van der Waals surface area contributed by atoms with Crippen molar-refractivity contribution < 1.29 is 8.42 Å². The molecule has 0 aromatic heterocycles. The van der Waals surface area contributed by atoms with Gasteiger partial charge in [0.05, 0.1) is 11.5 Å². The van der Waals surface area contributed by atoms with E-state index in [1.165, 1.54) is 0 Å². The zero-order valence-corrected chi connectivity index (χ0v) is 8.36. The lowest BCUT2D eigenvalue weighted by Gasteiger charge is -2.34. The molecule has 0 bridgehead atoms. The summed E-state index contributed by atoms with van der Waals surface area (Å²) in [5, 5.41) is 0. The molecule has 0 unspecified atom stereocenters. The summed E-state index contributed by atoms with van der Waals surface area (Å²) in [6, 6.07) is 0. The van der Waals surface area contributed by atoms with Crippen LogP contribution in [0.5, 0.6) is 0 Å². The number of hydrogen-bond donors (Lipinski definition) is 1. The summed E-state index contributed by atoms with van der Waals surface area (Å²) in [4.78, 5) is 0. The average Bonchev–Trinajstić information content (AvgIpc) is 2.06. The summed E-state index contributed by atoms with van der Waals surface area (Å²) in [5.74, 6) is 0.663. The predicted octanol–water partition coefficient (Wildman–Crippen LogP) is 0.550. The molecule has 2 N–H and O–H groups in total. The van der Waals surface area contributed by atoms with Crippen molar-refractivity contribution in [2.45, 2.75) is 26.2 Å². The van der Waals surface area contributed by atoms with Crippen molar-refractivity contribution >= 4 is 9.84 Å². The Morgan fingerprint density at radius 1 is 1.33 bits per heavy atom. The highest BCUT2D eigenvalue weighted by Gasteiger charge is 2.34. The Labute approximate surface area is 74.3 Å². The van der Waals surface area contributed by atoms with Crippen LogP contribution in [0.4, 0.5) is 0 Å². The van der Waals surface area contributed by atoms with Gasteiger partial charge in [0.1, 0.15) is 9.84 Å². The third-order valence-corrected chi connectivity index (χ3v) is 4.72. The van der Waals surface area contributed by atoms with E-state index in [2.05, 4.69) is 6.92 Å². The molecule has 0 aromatic rings. The Bertz CT molecular complexity index is 226. The second-order valence-electron chi connectivity index (χ2n) is 3.71. The lowest BCUT2D eigenvalue weighted by atomic mass is 9.80. The van der Waals surface area contributed by atoms with Gasteiger partial charge in [0.25, 0.3) is 0 Å². The lowest BCUT2D eigenvalue weighted by Crippen LogP contribution is -2.38. The molecule has 0 spiro atoms. The van der Waals surface area contributed by atoms with Crippen LogP contribution in [0.3, 0.4) is 0 Å². The molecular weight excluding hydrogens is 174 g/mol. The zero-order valence-electron chi connectivity index (χ0n) is 7.54. The Morgan fingerprint density at radius 3 is 2.17 bits per heavy atom. The first-order valence-electron chi connectivity index (χ1n) is 4.44. The van der Waals surface area contributed by atoms with Gasteiger partial charge < -0.3 is 5.73 Å². The van der Waals surface area contributed by atoms with Crippen LogP contribution < -0.4 is 5.73 Å². The average molecular weight is 191 g/mol. The maximum absolute atomic E-state index is 11.1. The minimum absolute atomic E-state index is 0.116. The third kappa shape index (κ3) is 1.98. The van der Waals surface area contributed by atoms with E-state index in [1.54, 1.807) is 0 Å². The summed E-state index contributed by atoms with van der Waals surface area (Å²) in [7, 11) is -2.73. The molecule has 12 heavy (non-hydrogen) atoms. The molecule has 3 nitrogen and oxygen atoms in total. The van der Waals surface area contributed by atoms with E-state index in [4.69, 9.17) is 5.73 Å². The Balaban J connectivity index is 2.66. The highest BCUT2D eigenvalue weighted by molar-refractivity contribution is 7.91. The molecule has 1 heterocycles. The van der Waals surface area contributed by atoms with Gasteiger partial charge in [-0.25, -0.2) is 8.42 Å². The largest absolute Gasteiger partial charge is 0.330 e. The van der Waals surface area contributed by atoms with Gasteiger partial charge in [0, 0.05) is 0 Å². The van der Waals surface area contributed by atoms with E-state index in [-0.39, 0.29) is 5.41 Å². The molecule has 1 fully saturated rings. The Kier molecular flexibility index (Phi) is 2.78. The molecule has 72 valence electrons. The summed E-state index contributed by atoms with van der Waals surface area (Å²) in [6.07, 6.45) is 2.50. The number of sulfone groups is 1. The molecule has 0 saturated carbocycles. The van der Waals surface area contributed by atoms with Gasteiger partial charge >= 0.3 is 0 Å². The molecule has 1 rings (SSSR count). The zero-order chi connectivity index (χ0) is 9.24. The summed E-state index contributed by atoms with van der Waals surface area (Å²) >= 11 is 0. The van der Waals surface area contributed by atoms with Crippen LogP contribution >= 0.6 is 0 Å². The van der Waals surface area contributed by atoms with Gasteiger partial charge in [-0.1, -0.05) is 6.92 Å². The van der Waals surface area contributed by atoms with Crippen LogP contribution in [-0.4, -0.2) is 26.5 Å². The van der Waals surface area contributed by atoms with E-state index in [0.29, 0.717) is 18.1 Å². The van der Waals surface area contributed by atoms with Gasteiger partial charge in [-0.3, -0.25) is 0 Å². The number of rotatable bonds is 2. The summed E-state index contributed by atoms with van der Waals surface area (Å²) < 4.78 is 22.3. The highest BCUT2D eigenvalue weighted by Crippen LogP contribution is 2.34. The first-order chi connectivity index (χ1) is 5.54. The van der Waals surface area contributed by atoms with Gasteiger partial charge in [0.15, 0.2) is 0 Å². The van der Waals surface area contributed by atoms with Crippen molar-refractivity contribution in [2.24, 2.45) is 11.1 Å². The van der Waals surface area contributed by atoms with E-state index in [0.717, 1.165) is 19.3 Å². The third-order valence-electron chi connectivity index (χ3n) is 3.07. The molecule has 0 atom stereocenters. The fourth-order valence-corrected chi connectivity index (χ4v) is 3.37. The van der Waals surface area contributed by atoms with E-state index in [9.17, 15) is 8.42 Å². The van der Waals surface area contributed by atoms with Crippen LogP contribution in [0.1, 0.15) is 26.2 Å². The summed E-state index contributed by atoms with van der Waals surface area (Å²) in [6.45, 7) is 2.71. The molecule has 1 saturated heterocycles. The predicted molar refractivity (Wildman–Crippen MR) is 49.7 cm³/mol. The standard InChI is InChI=1S/C8H17NO2S/c1-2-8(7-9)3-5-12(10,11)6-4-8/h2-7,9H2,1H3. The Morgan fingerprint density at radius 2 is 1.83 bits per heavy atom. The topological polar surface area (TPSA) is 60.2 Å². The van der Waals surface area contributed by atoms with Crippen molar-refractivity contribution in [1.82, 2.24) is 0 Å². The molecular formula is C8H17NO2S. The van der Waals surface area contributed by atoms with Gasteiger partial charge in [-0.05, 0) is 31.2 Å². The molecule has 1 aliphatic heterocycles. The molecule has 0 aromatic carbocycles. The van der Waals surface area contributed by atoms with E-state index < -0.39 is 9.84 Å². The molecule has 0 radical (unpaired) electrons. The first-order valence-corrected chi connectivity index (χ1v) is 6.26. The van der Waals surface area contributed by atoms with Crippen LogP contribution in [0, 0.1) is 5.41 Å². The van der Waals surface area contributed by atoms with Crippen LogP contribution in [0.15, 0.2) is 0 Å². The van der Waals surface area contributed by atoms with Gasteiger partial charge in [-0.15, -0.1) is 0 Å². The second-order valence-corrected chi connectivity index (χ2v) is 6.01. The van der Waals surface area contributed by atoms with Gasteiger partial charge in [0.2, 0.25) is 0 Å². The SMILES string of the molecule is CCC1(CN)CCS(=O)(=O)CC1. The van der Waals surface area contributed by atoms with Crippen LogP contribution in [0.25, 0.3) is 0 Å². The number of nitrogens with two attached hydrogens (primary N) is 1. The van der Waals surface area contributed by atoms with Crippen LogP contribution in [0.2, 0.25) is 0 Å². The number of hydrogen-bond acceptors (Lipinski definition) is 3. The lowest BCUT2D eigenvalue weighted by molar-refractivity contribution is 0.255. The van der Waals surface area contributed by atoms with Crippen molar-refractivity contribution in [3.05, 3.63) is 0 Å². The minimum atomic E-state index is -2.73. The molecule has 0 aliphatic carbocycles. The summed E-state index contributed by atoms with van der Waals surface area (Å²) in [5.41, 5.74) is 5.76. The van der Waals surface area contributed by atoms with Crippen molar-refractivity contribution in [1.29, 1.82) is 0 Å². The van der Waals surface area contributed by atoms with E-state index in [1.807, 2.05) is 0 Å². The minimum Gasteiger partial charge on any atom is -0.330 e.